The second-order valence-corrected chi connectivity index (χ2v) is 4.25. The molecule has 1 heterocycles. The Hall–Kier alpha value is -1.28. The molecule has 1 atom stereocenters. The Labute approximate surface area is 83.1 Å². The number of aromatic nitrogens is 1. The third-order valence-electron chi connectivity index (χ3n) is 3.16. The summed E-state index contributed by atoms with van der Waals surface area (Å²) < 4.78 is 0. The molecule has 1 aromatic carbocycles. The van der Waals surface area contributed by atoms with Gasteiger partial charge in [0.1, 0.15) is 0 Å². The molecule has 0 amide bonds. The van der Waals surface area contributed by atoms with Gasteiger partial charge in [0.2, 0.25) is 0 Å². The fourth-order valence-corrected chi connectivity index (χ4v) is 2.56. The number of hydrogen-bond donors (Lipinski definition) is 2. The van der Waals surface area contributed by atoms with Gasteiger partial charge in [-0.05, 0) is 30.5 Å². The van der Waals surface area contributed by atoms with Crippen molar-refractivity contribution in [2.24, 2.45) is 5.73 Å². The summed E-state index contributed by atoms with van der Waals surface area (Å²) in [6.45, 7) is 2.17. The standard InChI is InChI=1S/C12H14N2/c1-7-3-2-4-10-12(7)9-5-8(13)6-11(9)14-10/h2-4,8,14H,5-6,13H2,1H3. The number of aryl methyl sites for hydroxylation is 1. The van der Waals surface area contributed by atoms with Gasteiger partial charge < -0.3 is 10.7 Å². The lowest BCUT2D eigenvalue weighted by Crippen LogP contribution is -2.19. The molecule has 0 bridgehead atoms. The van der Waals surface area contributed by atoms with E-state index in [2.05, 4.69) is 30.1 Å². The van der Waals surface area contributed by atoms with E-state index in [0.717, 1.165) is 12.8 Å². The SMILES string of the molecule is Cc1cccc2[nH]c3c(c12)CC(N)C3. The highest BCUT2D eigenvalue weighted by atomic mass is 14.8. The predicted molar refractivity (Wildman–Crippen MR) is 58.4 cm³/mol. The first kappa shape index (κ1) is 8.06. The van der Waals surface area contributed by atoms with Crippen LogP contribution < -0.4 is 5.73 Å². The smallest absolute Gasteiger partial charge is 0.0461 e. The van der Waals surface area contributed by atoms with E-state index in [9.17, 15) is 0 Å². The maximum atomic E-state index is 5.95. The maximum Gasteiger partial charge on any atom is 0.0461 e. The largest absolute Gasteiger partial charge is 0.358 e. The molecule has 1 unspecified atom stereocenters. The molecule has 1 aliphatic rings. The van der Waals surface area contributed by atoms with Crippen LogP contribution in [0.1, 0.15) is 16.8 Å². The summed E-state index contributed by atoms with van der Waals surface area (Å²) in [7, 11) is 0. The predicted octanol–water partition coefficient (Wildman–Crippen LogP) is 1.90. The molecule has 1 aromatic heterocycles. The highest BCUT2D eigenvalue weighted by Crippen LogP contribution is 2.31. The Bertz CT molecular complexity index is 496. The Kier molecular flexibility index (Phi) is 1.50. The van der Waals surface area contributed by atoms with Crippen LogP contribution in [0.5, 0.6) is 0 Å². The minimum Gasteiger partial charge on any atom is -0.358 e. The van der Waals surface area contributed by atoms with Gasteiger partial charge in [0, 0.05) is 29.1 Å². The normalized spacial score (nSPS) is 20.3. The minimum atomic E-state index is 0.320. The Balaban J connectivity index is 2.35. The number of hydrogen-bond acceptors (Lipinski definition) is 1. The average molecular weight is 186 g/mol. The topological polar surface area (TPSA) is 41.8 Å². The summed E-state index contributed by atoms with van der Waals surface area (Å²) in [5, 5.41) is 1.40. The van der Waals surface area contributed by atoms with Gasteiger partial charge in [0.15, 0.2) is 0 Å². The average Bonchev–Trinajstić information content (AvgIpc) is 2.60. The minimum absolute atomic E-state index is 0.320. The summed E-state index contributed by atoms with van der Waals surface area (Å²) in [6, 6.07) is 6.73. The van der Waals surface area contributed by atoms with Crippen LogP contribution in [0.4, 0.5) is 0 Å². The molecule has 0 spiro atoms. The van der Waals surface area contributed by atoms with Gasteiger partial charge in [0.05, 0.1) is 0 Å². The van der Waals surface area contributed by atoms with Crippen molar-refractivity contribution in [1.29, 1.82) is 0 Å². The number of rotatable bonds is 0. The van der Waals surface area contributed by atoms with E-state index in [1.54, 1.807) is 0 Å². The third-order valence-corrected chi connectivity index (χ3v) is 3.16. The maximum absolute atomic E-state index is 5.95. The van der Waals surface area contributed by atoms with E-state index in [4.69, 9.17) is 5.73 Å². The lowest BCUT2D eigenvalue weighted by Gasteiger charge is -2.01. The van der Waals surface area contributed by atoms with Crippen LogP contribution in [0, 0.1) is 6.92 Å². The molecule has 2 heteroatoms. The van der Waals surface area contributed by atoms with E-state index in [1.165, 1.54) is 27.7 Å². The molecule has 1 aliphatic carbocycles. The number of H-pyrrole nitrogens is 1. The first-order valence-corrected chi connectivity index (χ1v) is 5.10. The van der Waals surface area contributed by atoms with Crippen molar-refractivity contribution in [1.82, 2.24) is 4.98 Å². The van der Waals surface area contributed by atoms with Crippen LogP contribution in [0.3, 0.4) is 0 Å². The van der Waals surface area contributed by atoms with Gasteiger partial charge in [-0.25, -0.2) is 0 Å². The summed E-state index contributed by atoms with van der Waals surface area (Å²) in [6.07, 6.45) is 2.03. The van der Waals surface area contributed by atoms with Crippen molar-refractivity contribution in [2.45, 2.75) is 25.8 Å². The van der Waals surface area contributed by atoms with Crippen molar-refractivity contribution in [3.63, 3.8) is 0 Å². The van der Waals surface area contributed by atoms with Crippen LogP contribution in [0.15, 0.2) is 18.2 Å². The van der Waals surface area contributed by atoms with Gasteiger partial charge >= 0.3 is 0 Å². The molecule has 0 fully saturated rings. The van der Waals surface area contributed by atoms with E-state index in [1.807, 2.05) is 0 Å². The van der Waals surface area contributed by atoms with E-state index in [0.29, 0.717) is 6.04 Å². The summed E-state index contributed by atoms with van der Waals surface area (Å²) in [4.78, 5) is 3.47. The Morgan fingerprint density at radius 2 is 2.21 bits per heavy atom. The molecule has 0 saturated heterocycles. The van der Waals surface area contributed by atoms with Gasteiger partial charge in [-0.2, -0.15) is 0 Å². The molecular formula is C12H14N2. The number of benzene rings is 1. The zero-order valence-electron chi connectivity index (χ0n) is 8.30. The highest BCUT2D eigenvalue weighted by molar-refractivity contribution is 5.88. The van der Waals surface area contributed by atoms with Crippen molar-refractivity contribution in [2.75, 3.05) is 0 Å². The highest BCUT2D eigenvalue weighted by Gasteiger charge is 2.23. The van der Waals surface area contributed by atoms with Crippen molar-refractivity contribution >= 4 is 10.9 Å². The lowest BCUT2D eigenvalue weighted by atomic mass is 10.1. The number of aromatic amines is 1. The van der Waals surface area contributed by atoms with Crippen molar-refractivity contribution in [3.05, 3.63) is 35.0 Å². The third kappa shape index (κ3) is 0.946. The summed E-state index contributed by atoms with van der Waals surface area (Å²) in [5.74, 6) is 0. The molecular weight excluding hydrogens is 172 g/mol. The molecule has 3 N–H and O–H groups in total. The molecule has 2 nitrogen and oxygen atoms in total. The molecule has 14 heavy (non-hydrogen) atoms. The summed E-state index contributed by atoms with van der Waals surface area (Å²) >= 11 is 0. The fourth-order valence-electron chi connectivity index (χ4n) is 2.56. The van der Waals surface area contributed by atoms with Crippen molar-refractivity contribution in [3.8, 4) is 0 Å². The molecule has 0 aliphatic heterocycles. The van der Waals surface area contributed by atoms with Crippen LogP contribution >= 0.6 is 0 Å². The molecule has 72 valence electrons. The van der Waals surface area contributed by atoms with E-state index >= 15 is 0 Å². The monoisotopic (exact) mass is 186 g/mol. The Morgan fingerprint density at radius 1 is 1.36 bits per heavy atom. The second kappa shape index (κ2) is 2.61. The van der Waals surface area contributed by atoms with Crippen LogP contribution in [-0.4, -0.2) is 11.0 Å². The molecule has 0 saturated carbocycles. The summed E-state index contributed by atoms with van der Waals surface area (Å²) in [5.41, 5.74) is 11.4. The fraction of sp³-hybridized carbons (Fsp3) is 0.333. The zero-order chi connectivity index (χ0) is 9.71. The van der Waals surface area contributed by atoms with Crippen LogP contribution in [-0.2, 0) is 12.8 Å². The Morgan fingerprint density at radius 3 is 3.07 bits per heavy atom. The van der Waals surface area contributed by atoms with Crippen molar-refractivity contribution < 1.29 is 0 Å². The van der Waals surface area contributed by atoms with Gasteiger partial charge in [-0.15, -0.1) is 0 Å². The number of fused-ring (bicyclic) bond motifs is 3. The second-order valence-electron chi connectivity index (χ2n) is 4.25. The van der Waals surface area contributed by atoms with Gasteiger partial charge in [-0.1, -0.05) is 12.1 Å². The van der Waals surface area contributed by atoms with E-state index in [-0.39, 0.29) is 0 Å². The lowest BCUT2D eigenvalue weighted by molar-refractivity contribution is 0.716. The van der Waals surface area contributed by atoms with Crippen LogP contribution in [0.2, 0.25) is 0 Å². The molecule has 3 rings (SSSR count). The number of nitrogens with two attached hydrogens (primary N) is 1. The zero-order valence-corrected chi connectivity index (χ0v) is 8.30. The quantitative estimate of drug-likeness (QED) is 0.648. The molecule has 2 aromatic rings. The van der Waals surface area contributed by atoms with Crippen LogP contribution in [0.25, 0.3) is 10.9 Å². The van der Waals surface area contributed by atoms with Gasteiger partial charge in [-0.3, -0.25) is 0 Å². The first-order chi connectivity index (χ1) is 6.75. The van der Waals surface area contributed by atoms with E-state index < -0.39 is 0 Å². The number of nitrogens with one attached hydrogen (secondary N) is 1. The van der Waals surface area contributed by atoms with Gasteiger partial charge in [0.25, 0.3) is 0 Å². The molecule has 0 radical (unpaired) electrons. The first-order valence-electron chi connectivity index (χ1n) is 5.10.